The van der Waals surface area contributed by atoms with E-state index in [1.807, 2.05) is 38.1 Å². The first-order valence-corrected chi connectivity index (χ1v) is 6.03. The molecule has 0 amide bonds. The van der Waals surface area contributed by atoms with Crippen molar-refractivity contribution in [1.29, 1.82) is 0 Å². The van der Waals surface area contributed by atoms with Crippen molar-refractivity contribution in [3.63, 3.8) is 0 Å². The number of hydrogen-bond donors (Lipinski definition) is 0. The molecule has 3 heteroatoms. The van der Waals surface area contributed by atoms with E-state index in [0.717, 1.165) is 18.5 Å². The minimum absolute atomic E-state index is 0.0129. The van der Waals surface area contributed by atoms with Crippen LogP contribution in [-0.4, -0.2) is 26.2 Å². The van der Waals surface area contributed by atoms with Crippen molar-refractivity contribution >= 4 is 11.7 Å². The van der Waals surface area contributed by atoms with Crippen LogP contribution in [0.2, 0.25) is 0 Å². The summed E-state index contributed by atoms with van der Waals surface area (Å²) < 4.78 is 5.32. The lowest BCUT2D eigenvalue weighted by Crippen LogP contribution is -2.15. The van der Waals surface area contributed by atoms with Crippen LogP contribution < -0.4 is 4.90 Å². The van der Waals surface area contributed by atoms with Gasteiger partial charge in [0.1, 0.15) is 0 Å². The van der Waals surface area contributed by atoms with Crippen LogP contribution in [0.4, 0.5) is 5.69 Å². The summed E-state index contributed by atoms with van der Waals surface area (Å²) in [5.41, 5.74) is 1.68. The summed E-state index contributed by atoms with van der Waals surface area (Å²) in [7, 11) is 3.94. The second-order valence-corrected chi connectivity index (χ2v) is 4.45. The number of esters is 1. The van der Waals surface area contributed by atoms with Crippen molar-refractivity contribution in [2.24, 2.45) is 0 Å². The van der Waals surface area contributed by atoms with E-state index in [1.165, 1.54) is 0 Å². The van der Waals surface area contributed by atoms with E-state index in [1.54, 1.807) is 12.1 Å². The third-order valence-electron chi connectivity index (χ3n) is 2.62. The summed E-state index contributed by atoms with van der Waals surface area (Å²) in [6.45, 7) is 4.01. The Morgan fingerprint density at radius 1 is 1.29 bits per heavy atom. The van der Waals surface area contributed by atoms with E-state index in [4.69, 9.17) is 4.74 Å². The van der Waals surface area contributed by atoms with Gasteiger partial charge in [-0.15, -0.1) is 0 Å². The number of carbonyl (C=O) groups is 1. The van der Waals surface area contributed by atoms with Gasteiger partial charge in [0, 0.05) is 19.8 Å². The van der Waals surface area contributed by atoms with Gasteiger partial charge in [-0.1, -0.05) is 13.3 Å². The second-order valence-electron chi connectivity index (χ2n) is 4.45. The Bertz CT molecular complexity index is 357. The number of anilines is 1. The lowest BCUT2D eigenvalue weighted by molar-refractivity contribution is 0.0323. The minimum atomic E-state index is -0.240. The van der Waals surface area contributed by atoms with Gasteiger partial charge in [0.05, 0.1) is 11.7 Å². The fourth-order valence-electron chi connectivity index (χ4n) is 1.61. The maximum atomic E-state index is 11.8. The number of nitrogens with zero attached hydrogens (tertiary/aromatic N) is 1. The van der Waals surface area contributed by atoms with Gasteiger partial charge < -0.3 is 9.64 Å². The predicted molar refractivity (Wildman–Crippen MR) is 70.6 cm³/mol. The summed E-state index contributed by atoms with van der Waals surface area (Å²) in [4.78, 5) is 13.8. The Morgan fingerprint density at radius 2 is 1.88 bits per heavy atom. The molecule has 1 atom stereocenters. The van der Waals surface area contributed by atoms with Crippen LogP contribution in [0.5, 0.6) is 0 Å². The van der Waals surface area contributed by atoms with Crippen LogP contribution in [0.1, 0.15) is 37.0 Å². The molecule has 0 aliphatic heterocycles. The Labute approximate surface area is 103 Å². The molecule has 0 spiro atoms. The third kappa shape index (κ3) is 4.10. The summed E-state index contributed by atoms with van der Waals surface area (Å²) >= 11 is 0. The van der Waals surface area contributed by atoms with Gasteiger partial charge in [-0.25, -0.2) is 4.79 Å². The van der Waals surface area contributed by atoms with Gasteiger partial charge in [-0.2, -0.15) is 0 Å². The Hall–Kier alpha value is -1.51. The molecule has 0 fully saturated rings. The second kappa shape index (κ2) is 6.28. The van der Waals surface area contributed by atoms with Crippen molar-refractivity contribution in [2.75, 3.05) is 19.0 Å². The maximum absolute atomic E-state index is 11.8. The molecule has 0 bridgehead atoms. The monoisotopic (exact) mass is 235 g/mol. The van der Waals surface area contributed by atoms with E-state index in [0.29, 0.717) is 5.56 Å². The molecule has 1 aromatic rings. The topological polar surface area (TPSA) is 29.5 Å². The van der Waals surface area contributed by atoms with Crippen molar-refractivity contribution in [3.8, 4) is 0 Å². The van der Waals surface area contributed by atoms with Gasteiger partial charge in [0.2, 0.25) is 0 Å². The Balaban J connectivity index is 2.63. The van der Waals surface area contributed by atoms with Crippen LogP contribution in [0.3, 0.4) is 0 Å². The molecule has 0 heterocycles. The first-order valence-electron chi connectivity index (χ1n) is 6.03. The van der Waals surface area contributed by atoms with E-state index in [2.05, 4.69) is 6.92 Å². The van der Waals surface area contributed by atoms with Crippen molar-refractivity contribution in [1.82, 2.24) is 0 Å². The van der Waals surface area contributed by atoms with Crippen LogP contribution in [0, 0.1) is 0 Å². The van der Waals surface area contributed by atoms with Gasteiger partial charge in [0.15, 0.2) is 0 Å². The van der Waals surface area contributed by atoms with Gasteiger partial charge in [-0.3, -0.25) is 0 Å². The smallest absolute Gasteiger partial charge is 0.338 e. The van der Waals surface area contributed by atoms with E-state index < -0.39 is 0 Å². The molecule has 0 aromatic heterocycles. The number of hydrogen-bond acceptors (Lipinski definition) is 3. The van der Waals surface area contributed by atoms with Crippen molar-refractivity contribution in [2.45, 2.75) is 32.8 Å². The molecule has 0 aliphatic rings. The molecule has 0 saturated carbocycles. The average molecular weight is 235 g/mol. The highest BCUT2D eigenvalue weighted by Gasteiger charge is 2.11. The van der Waals surface area contributed by atoms with Crippen LogP contribution in [0.15, 0.2) is 24.3 Å². The highest BCUT2D eigenvalue weighted by Crippen LogP contribution is 2.14. The van der Waals surface area contributed by atoms with Crippen LogP contribution in [0.25, 0.3) is 0 Å². The average Bonchev–Trinajstić information content (AvgIpc) is 2.29. The first kappa shape index (κ1) is 13.6. The van der Waals surface area contributed by atoms with E-state index in [-0.39, 0.29) is 12.1 Å². The van der Waals surface area contributed by atoms with Crippen molar-refractivity contribution in [3.05, 3.63) is 29.8 Å². The van der Waals surface area contributed by atoms with E-state index in [9.17, 15) is 4.79 Å². The maximum Gasteiger partial charge on any atom is 0.338 e. The fourth-order valence-corrected chi connectivity index (χ4v) is 1.61. The standard InChI is InChI=1S/C14H21NO2/c1-5-6-11(2)17-14(16)12-7-9-13(10-8-12)15(3)4/h7-11H,5-6H2,1-4H3. The molecule has 0 radical (unpaired) electrons. The number of benzene rings is 1. The molecule has 1 rings (SSSR count). The molecule has 1 aromatic carbocycles. The molecule has 94 valence electrons. The summed E-state index contributed by atoms with van der Waals surface area (Å²) in [6, 6.07) is 7.44. The zero-order chi connectivity index (χ0) is 12.8. The molecule has 0 aliphatic carbocycles. The zero-order valence-corrected chi connectivity index (χ0v) is 11.1. The molecule has 17 heavy (non-hydrogen) atoms. The molecular weight excluding hydrogens is 214 g/mol. The lowest BCUT2D eigenvalue weighted by Gasteiger charge is -2.14. The molecule has 0 saturated heterocycles. The summed E-state index contributed by atoms with van der Waals surface area (Å²) in [5, 5.41) is 0. The van der Waals surface area contributed by atoms with Crippen LogP contribution >= 0.6 is 0 Å². The molecule has 0 N–H and O–H groups in total. The van der Waals surface area contributed by atoms with Crippen LogP contribution in [-0.2, 0) is 4.74 Å². The molecular formula is C14H21NO2. The number of ether oxygens (including phenoxy) is 1. The number of carbonyl (C=O) groups excluding carboxylic acids is 1. The van der Waals surface area contributed by atoms with Crippen molar-refractivity contribution < 1.29 is 9.53 Å². The first-order chi connectivity index (χ1) is 8.04. The largest absolute Gasteiger partial charge is 0.459 e. The van der Waals surface area contributed by atoms with Gasteiger partial charge in [0.25, 0.3) is 0 Å². The quantitative estimate of drug-likeness (QED) is 0.734. The molecule has 3 nitrogen and oxygen atoms in total. The molecule has 1 unspecified atom stereocenters. The third-order valence-corrected chi connectivity index (χ3v) is 2.62. The fraction of sp³-hybridized carbons (Fsp3) is 0.500. The minimum Gasteiger partial charge on any atom is -0.459 e. The zero-order valence-electron chi connectivity index (χ0n) is 11.1. The Kier molecular flexibility index (Phi) is 5.01. The lowest BCUT2D eigenvalue weighted by atomic mass is 10.2. The Morgan fingerprint density at radius 3 is 2.35 bits per heavy atom. The highest BCUT2D eigenvalue weighted by atomic mass is 16.5. The summed E-state index contributed by atoms with van der Waals surface area (Å²) in [6.07, 6.45) is 1.91. The summed E-state index contributed by atoms with van der Waals surface area (Å²) in [5.74, 6) is -0.240. The number of rotatable bonds is 5. The predicted octanol–water partition coefficient (Wildman–Crippen LogP) is 3.10. The van der Waals surface area contributed by atoms with Gasteiger partial charge >= 0.3 is 5.97 Å². The van der Waals surface area contributed by atoms with Gasteiger partial charge in [-0.05, 0) is 37.6 Å². The SMILES string of the molecule is CCCC(C)OC(=O)c1ccc(N(C)C)cc1. The van der Waals surface area contributed by atoms with E-state index >= 15 is 0 Å². The normalized spacial score (nSPS) is 12.0. The highest BCUT2D eigenvalue weighted by molar-refractivity contribution is 5.89.